The molecule has 0 unspecified atom stereocenters. The molecule has 0 atom stereocenters. The van der Waals surface area contributed by atoms with Crippen LogP contribution in [0.3, 0.4) is 0 Å². The molecule has 0 aromatic heterocycles. The molecule has 0 saturated carbocycles. The Morgan fingerprint density at radius 2 is 1.77 bits per heavy atom. The van der Waals surface area contributed by atoms with Crippen LogP contribution >= 0.6 is 0 Å². The summed E-state index contributed by atoms with van der Waals surface area (Å²) in [4.78, 5) is 17.8. The Morgan fingerprint density at radius 3 is 2.08 bits per heavy atom. The predicted octanol–water partition coefficient (Wildman–Crippen LogP) is 2.05. The molecule has 1 N–H and O–H groups in total. The summed E-state index contributed by atoms with van der Waals surface area (Å²) >= 11 is 0. The Bertz CT molecular complexity index is 283. The molecule has 1 rings (SSSR count). The zero-order valence-electron chi connectivity index (χ0n) is 6.88. The first-order valence-corrected chi connectivity index (χ1v) is 3.29. The largest absolute Gasteiger partial charge is 0.379 e. The molecule has 0 amide bonds. The quantitative estimate of drug-likeness (QED) is 0.410. The number of benzene rings is 1. The minimum atomic E-state index is -0.403. The van der Waals surface area contributed by atoms with Crippen molar-refractivity contribution in [2.24, 2.45) is 5.34 Å². The molecule has 0 spiro atoms. The number of nitro groups is 1. The van der Waals surface area contributed by atoms with E-state index in [0.29, 0.717) is 0 Å². The smallest absolute Gasteiger partial charge is 0.269 e. The van der Waals surface area contributed by atoms with Gasteiger partial charge in [0.25, 0.3) is 5.69 Å². The summed E-state index contributed by atoms with van der Waals surface area (Å²) in [6, 6.07) is 6.43. The topological polar surface area (TPSA) is 92.8 Å². The fourth-order valence-electron chi connectivity index (χ4n) is 0.666. The number of hydrogen-bond donors (Lipinski definition) is 1. The highest BCUT2D eigenvalue weighted by atomic mass is 16.6. The molecule has 0 aliphatic heterocycles. The molecule has 0 saturated heterocycles. The van der Waals surface area contributed by atoms with E-state index in [0.717, 1.165) is 5.56 Å². The summed E-state index contributed by atoms with van der Waals surface area (Å²) in [5.41, 5.74) is 1.18. The lowest BCUT2D eigenvalue weighted by atomic mass is 10.2. The van der Waals surface area contributed by atoms with Crippen molar-refractivity contribution < 1.29 is 10.1 Å². The average Bonchev–Trinajstić information content (AvgIpc) is 2.06. The molecule has 1 aromatic carbocycles. The Kier molecular flexibility index (Phi) is 4.78. The van der Waals surface area contributed by atoms with E-state index < -0.39 is 4.92 Å². The van der Waals surface area contributed by atoms with Gasteiger partial charge in [-0.3, -0.25) is 10.1 Å². The van der Waals surface area contributed by atoms with Crippen LogP contribution in [-0.4, -0.2) is 10.1 Å². The van der Waals surface area contributed by atoms with Gasteiger partial charge in [0.05, 0.1) is 4.92 Å². The van der Waals surface area contributed by atoms with Crippen molar-refractivity contribution in [3.8, 4) is 0 Å². The number of rotatable bonds is 1. The first-order valence-electron chi connectivity index (χ1n) is 3.29. The second-order valence-electron chi connectivity index (χ2n) is 2.17. The maximum Gasteiger partial charge on any atom is 0.269 e. The van der Waals surface area contributed by atoms with Gasteiger partial charge in [-0.05, 0) is 6.92 Å². The number of nitrogens with zero attached hydrogens (tertiary/aromatic N) is 2. The molecule has 0 bridgehead atoms. The summed E-state index contributed by atoms with van der Waals surface area (Å²) < 4.78 is 0. The Morgan fingerprint density at radius 1 is 1.38 bits per heavy atom. The van der Waals surface area contributed by atoms with E-state index in [1.165, 1.54) is 17.5 Å². The average molecular weight is 184 g/mol. The summed E-state index contributed by atoms with van der Waals surface area (Å²) in [5, 5.41) is 18.0. The van der Waals surface area contributed by atoms with E-state index >= 15 is 0 Å². The van der Waals surface area contributed by atoms with E-state index in [2.05, 4.69) is 0 Å². The molecule has 13 heavy (non-hydrogen) atoms. The highest BCUT2D eigenvalue weighted by molar-refractivity contribution is 5.31. The second-order valence-corrected chi connectivity index (χ2v) is 2.17. The highest BCUT2D eigenvalue weighted by Crippen LogP contribution is 2.10. The molecule has 0 heterocycles. The van der Waals surface area contributed by atoms with Crippen LogP contribution in [0.1, 0.15) is 5.56 Å². The van der Waals surface area contributed by atoms with Gasteiger partial charge in [0.15, 0.2) is 5.34 Å². The maximum atomic E-state index is 10.1. The zero-order chi connectivity index (χ0) is 10.3. The molecule has 6 heteroatoms. The Labute approximate surface area is 73.9 Å². The van der Waals surface area contributed by atoms with Crippen molar-refractivity contribution >= 4 is 5.69 Å². The molecular weight excluding hydrogens is 176 g/mol. The van der Waals surface area contributed by atoms with E-state index in [4.69, 9.17) is 10.1 Å². The van der Waals surface area contributed by atoms with Crippen molar-refractivity contribution in [3.05, 3.63) is 44.9 Å². The Balaban J connectivity index is 0.000000424. The third-order valence-electron chi connectivity index (χ3n) is 1.24. The van der Waals surface area contributed by atoms with Gasteiger partial charge < -0.3 is 5.21 Å². The molecule has 0 aliphatic carbocycles. The Hall–Kier alpha value is -1.98. The number of aryl methyl sites for hydroxylation is 1. The van der Waals surface area contributed by atoms with Crippen molar-refractivity contribution in [2.75, 3.05) is 0 Å². The summed E-state index contributed by atoms with van der Waals surface area (Å²) in [6.07, 6.45) is 0. The lowest BCUT2D eigenvalue weighted by Crippen LogP contribution is -1.86. The molecule has 0 radical (unpaired) electrons. The maximum absolute atomic E-state index is 10.1. The van der Waals surface area contributed by atoms with Crippen molar-refractivity contribution in [1.82, 2.24) is 0 Å². The fraction of sp³-hybridized carbons (Fsp3) is 0.143. The SMILES string of the molecule is Cc1ccc([N+](=O)[O-])cc1.O=NO. The minimum Gasteiger partial charge on any atom is -0.379 e. The molecule has 0 aliphatic rings. The molecule has 70 valence electrons. The second kappa shape index (κ2) is 5.64. The lowest BCUT2D eigenvalue weighted by molar-refractivity contribution is -0.384. The van der Waals surface area contributed by atoms with Gasteiger partial charge in [-0.15, -0.1) is 4.91 Å². The zero-order valence-corrected chi connectivity index (χ0v) is 6.88. The van der Waals surface area contributed by atoms with Gasteiger partial charge in [0.1, 0.15) is 0 Å². The van der Waals surface area contributed by atoms with Gasteiger partial charge in [-0.25, -0.2) is 0 Å². The fourth-order valence-corrected chi connectivity index (χ4v) is 0.666. The van der Waals surface area contributed by atoms with Gasteiger partial charge >= 0.3 is 0 Å². The lowest BCUT2D eigenvalue weighted by Gasteiger charge is -1.90. The van der Waals surface area contributed by atoms with Gasteiger partial charge in [-0.1, -0.05) is 17.7 Å². The predicted molar refractivity (Wildman–Crippen MR) is 45.4 cm³/mol. The van der Waals surface area contributed by atoms with Crippen LogP contribution in [0.2, 0.25) is 0 Å². The van der Waals surface area contributed by atoms with Gasteiger partial charge in [0.2, 0.25) is 0 Å². The van der Waals surface area contributed by atoms with Gasteiger partial charge in [0, 0.05) is 12.1 Å². The van der Waals surface area contributed by atoms with Crippen LogP contribution in [0.5, 0.6) is 0 Å². The van der Waals surface area contributed by atoms with Crippen molar-refractivity contribution in [3.63, 3.8) is 0 Å². The van der Waals surface area contributed by atoms with E-state index in [-0.39, 0.29) is 5.69 Å². The van der Waals surface area contributed by atoms with E-state index in [9.17, 15) is 10.1 Å². The third-order valence-corrected chi connectivity index (χ3v) is 1.24. The van der Waals surface area contributed by atoms with Crippen LogP contribution in [0, 0.1) is 21.9 Å². The van der Waals surface area contributed by atoms with Crippen molar-refractivity contribution in [2.45, 2.75) is 6.92 Å². The highest BCUT2D eigenvalue weighted by Gasteiger charge is 2.00. The number of non-ortho nitro benzene ring substituents is 1. The standard InChI is InChI=1S/C7H7NO2.HNO2/c1-6-2-4-7(5-3-6)8(9)10;2-1-3/h2-5H,1H3;(H,2,3). The third kappa shape index (κ3) is 4.46. The number of hydrogen-bond acceptors (Lipinski definition) is 4. The molecular formula is C7H8N2O4. The number of nitro benzene ring substituents is 1. The summed E-state index contributed by atoms with van der Waals surface area (Å²) in [6.45, 7) is 1.89. The van der Waals surface area contributed by atoms with Crippen LogP contribution in [0.15, 0.2) is 29.6 Å². The van der Waals surface area contributed by atoms with Gasteiger partial charge in [-0.2, -0.15) is 0 Å². The molecule has 1 aromatic rings. The van der Waals surface area contributed by atoms with Crippen LogP contribution < -0.4 is 0 Å². The summed E-state index contributed by atoms with van der Waals surface area (Å²) in [5.74, 6) is 0. The van der Waals surface area contributed by atoms with Crippen LogP contribution in [0.4, 0.5) is 5.69 Å². The van der Waals surface area contributed by atoms with E-state index in [1.54, 1.807) is 12.1 Å². The van der Waals surface area contributed by atoms with Crippen LogP contribution in [0.25, 0.3) is 0 Å². The first kappa shape index (κ1) is 11.0. The van der Waals surface area contributed by atoms with E-state index in [1.807, 2.05) is 6.92 Å². The molecule has 6 nitrogen and oxygen atoms in total. The van der Waals surface area contributed by atoms with Crippen LogP contribution in [-0.2, 0) is 0 Å². The first-order chi connectivity index (χ1) is 6.11. The summed E-state index contributed by atoms with van der Waals surface area (Å²) in [7, 11) is 0. The minimum absolute atomic E-state index is 0.144. The van der Waals surface area contributed by atoms with Crippen molar-refractivity contribution in [1.29, 1.82) is 0 Å². The normalized spacial score (nSPS) is 8.08. The molecule has 0 fully saturated rings. The monoisotopic (exact) mass is 184 g/mol.